The highest BCUT2D eigenvalue weighted by atomic mass is 19.3. The van der Waals surface area contributed by atoms with Crippen LogP contribution in [0.5, 0.6) is 0 Å². The molecule has 16 heavy (non-hydrogen) atoms. The van der Waals surface area contributed by atoms with Crippen molar-refractivity contribution in [1.29, 1.82) is 0 Å². The molecule has 1 atom stereocenters. The normalized spacial score (nSPS) is 21.0. The van der Waals surface area contributed by atoms with E-state index in [0.717, 1.165) is 6.54 Å². The average molecular weight is 238 g/mol. The first kappa shape index (κ1) is 15.2. The summed E-state index contributed by atoms with van der Waals surface area (Å²) in [6.45, 7) is 7.75. The molecular formula is C10H20F2N2O2. The fourth-order valence-electron chi connectivity index (χ4n) is 0.998. The van der Waals surface area contributed by atoms with E-state index in [-0.39, 0.29) is 5.60 Å². The number of piperazine rings is 1. The molecule has 0 saturated carbocycles. The third-order valence-electron chi connectivity index (χ3n) is 1.78. The second-order valence-corrected chi connectivity index (χ2v) is 4.43. The van der Waals surface area contributed by atoms with Crippen LogP contribution in [0.3, 0.4) is 0 Å². The summed E-state index contributed by atoms with van der Waals surface area (Å²) in [6.07, 6.45) is -2.24. The molecule has 0 aromatic rings. The number of carbonyl (C=O) groups is 1. The van der Waals surface area contributed by atoms with Crippen molar-refractivity contribution in [1.82, 2.24) is 10.6 Å². The van der Waals surface area contributed by atoms with Crippen LogP contribution in [-0.4, -0.2) is 44.2 Å². The fourth-order valence-corrected chi connectivity index (χ4v) is 0.998. The standard InChI is InChI=1S/C5H10F2N2.C5H10O2/c6-5(7)4-3-8-1-2-9-4;1-5(2,3)7-4-6/h4-5,8-9H,1-3H2;4H,1-3H3. The zero-order chi connectivity index (χ0) is 12.6. The summed E-state index contributed by atoms with van der Waals surface area (Å²) in [4.78, 5) is 9.60. The van der Waals surface area contributed by atoms with E-state index in [9.17, 15) is 13.6 Å². The van der Waals surface area contributed by atoms with Gasteiger partial charge in [0.25, 0.3) is 12.9 Å². The van der Waals surface area contributed by atoms with Gasteiger partial charge in [0.15, 0.2) is 0 Å². The van der Waals surface area contributed by atoms with Crippen LogP contribution in [0.4, 0.5) is 8.78 Å². The minimum atomic E-state index is -2.24. The zero-order valence-corrected chi connectivity index (χ0v) is 9.93. The number of rotatable bonds is 2. The molecule has 1 saturated heterocycles. The van der Waals surface area contributed by atoms with Gasteiger partial charge in [0.1, 0.15) is 5.60 Å². The molecule has 1 aliphatic heterocycles. The van der Waals surface area contributed by atoms with Crippen molar-refractivity contribution >= 4 is 6.47 Å². The summed E-state index contributed by atoms with van der Waals surface area (Å²) >= 11 is 0. The molecule has 1 aliphatic rings. The molecule has 6 heteroatoms. The van der Waals surface area contributed by atoms with Gasteiger partial charge < -0.3 is 15.4 Å². The molecule has 1 rings (SSSR count). The summed E-state index contributed by atoms with van der Waals surface area (Å²) in [5.41, 5.74) is -0.318. The SMILES string of the molecule is CC(C)(C)OC=O.FC(F)C1CNCCN1. The molecule has 2 N–H and O–H groups in total. The molecule has 1 fully saturated rings. The highest BCUT2D eigenvalue weighted by Gasteiger charge is 2.20. The molecule has 0 aromatic heterocycles. The number of hydrogen-bond acceptors (Lipinski definition) is 4. The Morgan fingerprint density at radius 3 is 2.19 bits per heavy atom. The van der Waals surface area contributed by atoms with Crippen LogP contribution < -0.4 is 10.6 Å². The minimum absolute atomic E-state index is 0.318. The number of ether oxygens (including phenoxy) is 1. The molecule has 0 aliphatic carbocycles. The first-order valence-electron chi connectivity index (χ1n) is 5.20. The van der Waals surface area contributed by atoms with Crippen LogP contribution in [0.2, 0.25) is 0 Å². The van der Waals surface area contributed by atoms with Gasteiger partial charge in [-0.3, -0.25) is 4.79 Å². The van der Waals surface area contributed by atoms with Gasteiger partial charge in [-0.25, -0.2) is 8.78 Å². The third kappa shape index (κ3) is 8.55. The Labute approximate surface area is 94.7 Å². The fraction of sp³-hybridized carbons (Fsp3) is 0.900. The maximum atomic E-state index is 11.8. The zero-order valence-electron chi connectivity index (χ0n) is 9.93. The second kappa shape index (κ2) is 7.51. The largest absolute Gasteiger partial charge is 0.462 e. The predicted octanol–water partition coefficient (Wildman–Crippen LogP) is 0.771. The lowest BCUT2D eigenvalue weighted by atomic mass is 10.2. The lowest BCUT2D eigenvalue weighted by molar-refractivity contribution is -0.138. The second-order valence-electron chi connectivity index (χ2n) is 4.43. The maximum absolute atomic E-state index is 11.8. The Morgan fingerprint density at radius 1 is 1.38 bits per heavy atom. The summed E-state index contributed by atoms with van der Waals surface area (Å²) < 4.78 is 28.2. The first-order valence-corrected chi connectivity index (χ1v) is 5.20. The van der Waals surface area contributed by atoms with E-state index in [1.54, 1.807) is 0 Å². The highest BCUT2D eigenvalue weighted by Crippen LogP contribution is 2.02. The van der Waals surface area contributed by atoms with Crippen LogP contribution in [0.15, 0.2) is 0 Å². The molecule has 0 spiro atoms. The summed E-state index contributed by atoms with van der Waals surface area (Å²) in [5, 5.41) is 5.58. The molecule has 96 valence electrons. The van der Waals surface area contributed by atoms with Crippen LogP contribution in [0, 0.1) is 0 Å². The van der Waals surface area contributed by atoms with E-state index in [1.807, 2.05) is 20.8 Å². The van der Waals surface area contributed by atoms with Gasteiger partial charge in [0.05, 0.1) is 6.04 Å². The van der Waals surface area contributed by atoms with Crippen LogP contribution >= 0.6 is 0 Å². The molecule has 4 nitrogen and oxygen atoms in total. The Kier molecular flexibility index (Phi) is 7.16. The van der Waals surface area contributed by atoms with Crippen molar-refractivity contribution in [3.63, 3.8) is 0 Å². The van der Waals surface area contributed by atoms with Crippen molar-refractivity contribution in [2.24, 2.45) is 0 Å². The monoisotopic (exact) mass is 238 g/mol. The van der Waals surface area contributed by atoms with Gasteiger partial charge in [-0.2, -0.15) is 0 Å². The Hall–Kier alpha value is -0.750. The van der Waals surface area contributed by atoms with Crippen molar-refractivity contribution in [3.05, 3.63) is 0 Å². The number of carbonyl (C=O) groups excluding carboxylic acids is 1. The van der Waals surface area contributed by atoms with Gasteiger partial charge in [0, 0.05) is 19.6 Å². The van der Waals surface area contributed by atoms with Crippen LogP contribution in [-0.2, 0) is 9.53 Å². The molecule has 0 aromatic carbocycles. The van der Waals surface area contributed by atoms with E-state index in [0.29, 0.717) is 19.6 Å². The molecule has 0 bridgehead atoms. The summed E-state index contributed by atoms with van der Waals surface area (Å²) in [5.74, 6) is 0. The van der Waals surface area contributed by atoms with Gasteiger partial charge in [-0.1, -0.05) is 0 Å². The van der Waals surface area contributed by atoms with Crippen molar-refractivity contribution < 1.29 is 18.3 Å². The Balaban J connectivity index is 0.000000293. The predicted molar refractivity (Wildman–Crippen MR) is 57.6 cm³/mol. The van der Waals surface area contributed by atoms with Crippen molar-refractivity contribution in [2.75, 3.05) is 19.6 Å². The number of halogens is 2. The minimum Gasteiger partial charge on any atom is -0.462 e. The van der Waals surface area contributed by atoms with E-state index < -0.39 is 12.5 Å². The average Bonchev–Trinajstić information content (AvgIpc) is 2.18. The van der Waals surface area contributed by atoms with Crippen molar-refractivity contribution in [2.45, 2.75) is 38.8 Å². The smallest absolute Gasteiger partial charge is 0.293 e. The molecular weight excluding hydrogens is 218 g/mol. The Bertz CT molecular complexity index is 190. The first-order chi connectivity index (χ1) is 7.37. The molecule has 1 heterocycles. The quantitative estimate of drug-likeness (QED) is 0.698. The summed E-state index contributed by atoms with van der Waals surface area (Å²) in [7, 11) is 0. The Morgan fingerprint density at radius 2 is 2.00 bits per heavy atom. The van der Waals surface area contributed by atoms with E-state index >= 15 is 0 Å². The maximum Gasteiger partial charge on any atom is 0.293 e. The molecule has 0 radical (unpaired) electrons. The highest BCUT2D eigenvalue weighted by molar-refractivity contribution is 5.37. The van der Waals surface area contributed by atoms with Crippen LogP contribution in [0.25, 0.3) is 0 Å². The third-order valence-corrected chi connectivity index (χ3v) is 1.78. The topological polar surface area (TPSA) is 50.4 Å². The lowest BCUT2D eigenvalue weighted by Crippen LogP contribution is -2.51. The van der Waals surface area contributed by atoms with Gasteiger partial charge in [-0.15, -0.1) is 0 Å². The van der Waals surface area contributed by atoms with Gasteiger partial charge in [-0.05, 0) is 20.8 Å². The van der Waals surface area contributed by atoms with Crippen LogP contribution in [0.1, 0.15) is 20.8 Å². The van der Waals surface area contributed by atoms with E-state index in [2.05, 4.69) is 15.4 Å². The van der Waals surface area contributed by atoms with Gasteiger partial charge >= 0.3 is 0 Å². The van der Waals surface area contributed by atoms with Gasteiger partial charge in [0.2, 0.25) is 0 Å². The lowest BCUT2D eigenvalue weighted by Gasteiger charge is -2.23. The molecule has 1 unspecified atom stereocenters. The van der Waals surface area contributed by atoms with E-state index in [4.69, 9.17) is 0 Å². The number of nitrogens with one attached hydrogen (secondary N) is 2. The number of hydrogen-bond donors (Lipinski definition) is 2. The molecule has 0 amide bonds. The van der Waals surface area contributed by atoms with Crippen molar-refractivity contribution in [3.8, 4) is 0 Å². The summed E-state index contributed by atoms with van der Waals surface area (Å²) in [6, 6.07) is -0.640. The van der Waals surface area contributed by atoms with E-state index in [1.165, 1.54) is 0 Å². The number of alkyl halides is 2.